The third-order valence-corrected chi connectivity index (χ3v) is 4.13. The SMILES string of the molecule is c1ccc(N2CCn3cnnc3C2)c(CNC2CC2)c1. The maximum absolute atomic E-state index is 4.20. The maximum atomic E-state index is 4.20. The molecule has 1 aliphatic heterocycles. The van der Waals surface area contributed by atoms with Gasteiger partial charge < -0.3 is 14.8 Å². The van der Waals surface area contributed by atoms with Crippen LogP contribution in [0.15, 0.2) is 30.6 Å². The largest absolute Gasteiger partial charge is 0.362 e. The molecule has 0 radical (unpaired) electrons. The highest BCUT2D eigenvalue weighted by atomic mass is 15.3. The van der Waals surface area contributed by atoms with Crippen LogP contribution < -0.4 is 10.2 Å². The van der Waals surface area contributed by atoms with Crippen molar-refractivity contribution >= 4 is 5.69 Å². The summed E-state index contributed by atoms with van der Waals surface area (Å²) in [6.07, 6.45) is 4.48. The molecule has 1 N–H and O–H groups in total. The Balaban J connectivity index is 1.55. The molecule has 104 valence electrons. The molecule has 4 rings (SSSR count). The maximum Gasteiger partial charge on any atom is 0.152 e. The second-order valence-corrected chi connectivity index (χ2v) is 5.65. The highest BCUT2D eigenvalue weighted by molar-refractivity contribution is 5.54. The molecule has 2 heterocycles. The summed E-state index contributed by atoms with van der Waals surface area (Å²) in [5.41, 5.74) is 2.71. The van der Waals surface area contributed by atoms with E-state index >= 15 is 0 Å². The lowest BCUT2D eigenvalue weighted by atomic mass is 10.1. The lowest BCUT2D eigenvalue weighted by molar-refractivity contribution is 0.557. The van der Waals surface area contributed by atoms with Gasteiger partial charge >= 0.3 is 0 Å². The Morgan fingerprint density at radius 1 is 1.20 bits per heavy atom. The number of benzene rings is 1. The van der Waals surface area contributed by atoms with Gasteiger partial charge in [-0.2, -0.15) is 0 Å². The molecule has 1 aliphatic carbocycles. The minimum Gasteiger partial charge on any atom is -0.362 e. The van der Waals surface area contributed by atoms with E-state index in [-0.39, 0.29) is 0 Å². The molecule has 1 fully saturated rings. The van der Waals surface area contributed by atoms with Crippen LogP contribution in [0.4, 0.5) is 5.69 Å². The topological polar surface area (TPSA) is 46.0 Å². The highest BCUT2D eigenvalue weighted by Gasteiger charge is 2.22. The molecule has 2 aromatic rings. The van der Waals surface area contributed by atoms with Crippen molar-refractivity contribution in [3.8, 4) is 0 Å². The van der Waals surface area contributed by atoms with Crippen LogP contribution in [0.2, 0.25) is 0 Å². The molecule has 1 aromatic carbocycles. The molecule has 0 amide bonds. The fourth-order valence-corrected chi connectivity index (χ4v) is 2.78. The van der Waals surface area contributed by atoms with Crippen molar-refractivity contribution in [2.24, 2.45) is 0 Å². The molecule has 0 atom stereocenters. The minimum absolute atomic E-state index is 0.743. The molecule has 0 bridgehead atoms. The van der Waals surface area contributed by atoms with E-state index in [2.05, 4.69) is 49.2 Å². The number of hydrogen-bond acceptors (Lipinski definition) is 4. The fraction of sp³-hybridized carbons (Fsp3) is 0.467. The fourth-order valence-electron chi connectivity index (χ4n) is 2.78. The van der Waals surface area contributed by atoms with E-state index in [1.54, 1.807) is 0 Å². The third-order valence-electron chi connectivity index (χ3n) is 4.13. The first-order valence-corrected chi connectivity index (χ1v) is 7.33. The van der Waals surface area contributed by atoms with Gasteiger partial charge in [0.2, 0.25) is 0 Å². The molecule has 1 aromatic heterocycles. The molecular formula is C15H19N5. The molecule has 20 heavy (non-hydrogen) atoms. The van der Waals surface area contributed by atoms with Crippen LogP contribution in [0.5, 0.6) is 0 Å². The Morgan fingerprint density at radius 3 is 3.00 bits per heavy atom. The Labute approximate surface area is 118 Å². The van der Waals surface area contributed by atoms with E-state index in [4.69, 9.17) is 0 Å². The van der Waals surface area contributed by atoms with Gasteiger partial charge in [-0.25, -0.2) is 0 Å². The van der Waals surface area contributed by atoms with Crippen LogP contribution in [0, 0.1) is 0 Å². The standard InChI is InChI=1S/C15H19N5/c1-2-4-14(12(3-1)9-16-13-5-6-13)19-7-8-20-11-17-18-15(20)10-19/h1-4,11,13,16H,5-10H2. The van der Waals surface area contributed by atoms with Gasteiger partial charge in [-0.05, 0) is 24.5 Å². The molecule has 0 saturated heterocycles. The molecule has 2 aliphatic rings. The summed E-state index contributed by atoms with van der Waals surface area (Å²) < 4.78 is 2.14. The van der Waals surface area contributed by atoms with Crippen LogP contribution in [0.25, 0.3) is 0 Å². The summed E-state index contributed by atoms with van der Waals surface area (Å²) in [6, 6.07) is 9.43. The molecule has 0 spiro atoms. The summed E-state index contributed by atoms with van der Waals surface area (Å²) in [5, 5.41) is 11.8. The second kappa shape index (κ2) is 4.90. The third kappa shape index (κ3) is 2.29. The van der Waals surface area contributed by atoms with E-state index in [0.717, 1.165) is 38.0 Å². The van der Waals surface area contributed by atoms with Gasteiger partial charge in [0.1, 0.15) is 6.33 Å². The van der Waals surface area contributed by atoms with Crippen molar-refractivity contribution in [1.82, 2.24) is 20.1 Å². The first-order chi connectivity index (χ1) is 9.90. The second-order valence-electron chi connectivity index (χ2n) is 5.65. The zero-order chi connectivity index (χ0) is 13.4. The van der Waals surface area contributed by atoms with E-state index in [1.165, 1.54) is 24.1 Å². The van der Waals surface area contributed by atoms with Crippen LogP contribution in [0.1, 0.15) is 24.2 Å². The van der Waals surface area contributed by atoms with Crippen molar-refractivity contribution in [1.29, 1.82) is 0 Å². The van der Waals surface area contributed by atoms with Gasteiger partial charge in [0, 0.05) is 31.4 Å². The number of aromatic nitrogens is 3. The van der Waals surface area contributed by atoms with Gasteiger partial charge in [-0.15, -0.1) is 10.2 Å². The van der Waals surface area contributed by atoms with E-state index < -0.39 is 0 Å². The molecule has 0 unspecified atom stereocenters. The molecular weight excluding hydrogens is 250 g/mol. The normalized spacial score (nSPS) is 18.1. The molecule has 5 nitrogen and oxygen atoms in total. The van der Waals surface area contributed by atoms with E-state index in [1.807, 2.05) is 6.33 Å². The number of nitrogens with one attached hydrogen (secondary N) is 1. The lowest BCUT2D eigenvalue weighted by Crippen LogP contribution is -2.34. The van der Waals surface area contributed by atoms with Crippen molar-refractivity contribution in [2.75, 3.05) is 11.4 Å². The van der Waals surface area contributed by atoms with E-state index in [0.29, 0.717) is 0 Å². The van der Waals surface area contributed by atoms with Crippen LogP contribution in [0.3, 0.4) is 0 Å². The number of nitrogens with zero attached hydrogens (tertiary/aromatic N) is 4. The number of para-hydroxylation sites is 1. The van der Waals surface area contributed by atoms with Gasteiger partial charge in [-0.3, -0.25) is 0 Å². The first kappa shape index (κ1) is 11.9. The van der Waals surface area contributed by atoms with Crippen LogP contribution in [-0.2, 0) is 19.6 Å². The van der Waals surface area contributed by atoms with Gasteiger partial charge in [0.05, 0.1) is 6.54 Å². The Morgan fingerprint density at radius 2 is 2.10 bits per heavy atom. The van der Waals surface area contributed by atoms with Crippen molar-refractivity contribution in [3.63, 3.8) is 0 Å². The van der Waals surface area contributed by atoms with Crippen molar-refractivity contribution in [3.05, 3.63) is 42.0 Å². The Hall–Kier alpha value is -1.88. The molecule has 5 heteroatoms. The number of anilines is 1. The Bertz CT molecular complexity index is 602. The van der Waals surface area contributed by atoms with Gasteiger partial charge in [0.25, 0.3) is 0 Å². The minimum atomic E-state index is 0.743. The number of hydrogen-bond donors (Lipinski definition) is 1. The lowest BCUT2D eigenvalue weighted by Gasteiger charge is -2.30. The Kier molecular flexibility index (Phi) is 2.92. The van der Waals surface area contributed by atoms with Gasteiger partial charge in [0.15, 0.2) is 5.82 Å². The zero-order valence-corrected chi connectivity index (χ0v) is 11.5. The van der Waals surface area contributed by atoms with Crippen LogP contribution in [-0.4, -0.2) is 27.4 Å². The predicted molar refractivity (Wildman–Crippen MR) is 77.4 cm³/mol. The summed E-state index contributed by atoms with van der Waals surface area (Å²) in [4.78, 5) is 2.41. The summed E-state index contributed by atoms with van der Waals surface area (Å²) >= 11 is 0. The average molecular weight is 269 g/mol. The van der Waals surface area contributed by atoms with Crippen LogP contribution >= 0.6 is 0 Å². The molecule has 1 saturated carbocycles. The highest BCUT2D eigenvalue weighted by Crippen LogP contribution is 2.26. The monoisotopic (exact) mass is 269 g/mol. The van der Waals surface area contributed by atoms with Crippen molar-refractivity contribution < 1.29 is 0 Å². The quantitative estimate of drug-likeness (QED) is 0.915. The van der Waals surface area contributed by atoms with Crippen molar-refractivity contribution in [2.45, 2.75) is 38.5 Å². The summed E-state index contributed by atoms with van der Waals surface area (Å²) in [7, 11) is 0. The smallest absolute Gasteiger partial charge is 0.152 e. The van der Waals surface area contributed by atoms with E-state index in [9.17, 15) is 0 Å². The number of fused-ring (bicyclic) bond motifs is 1. The zero-order valence-electron chi connectivity index (χ0n) is 11.5. The summed E-state index contributed by atoms with van der Waals surface area (Å²) in [5.74, 6) is 1.06. The first-order valence-electron chi connectivity index (χ1n) is 7.33. The predicted octanol–water partition coefficient (Wildman–Crippen LogP) is 1.55. The van der Waals surface area contributed by atoms with Gasteiger partial charge in [-0.1, -0.05) is 18.2 Å². The number of rotatable bonds is 4. The average Bonchev–Trinajstić information content (AvgIpc) is 3.20. The summed E-state index contributed by atoms with van der Waals surface area (Å²) in [6.45, 7) is 3.79.